The highest BCUT2D eigenvalue weighted by Gasteiger charge is 2.28. The van der Waals surface area contributed by atoms with Crippen LogP contribution in [0.1, 0.15) is 50.2 Å². The van der Waals surface area contributed by atoms with E-state index in [1.807, 2.05) is 46.2 Å². The molecule has 0 radical (unpaired) electrons. The number of hydrogen-bond donors (Lipinski definition) is 1. The van der Waals surface area contributed by atoms with Gasteiger partial charge in [0, 0.05) is 43.9 Å². The van der Waals surface area contributed by atoms with E-state index >= 15 is 0 Å². The summed E-state index contributed by atoms with van der Waals surface area (Å²) in [5.74, 6) is 2.95. The van der Waals surface area contributed by atoms with E-state index < -0.39 is 0 Å². The van der Waals surface area contributed by atoms with Crippen LogP contribution in [0.5, 0.6) is 17.2 Å². The van der Waals surface area contributed by atoms with Gasteiger partial charge in [0.15, 0.2) is 11.5 Å². The number of nitrogens with zero attached hydrogens (tertiary/aromatic N) is 2. The molecule has 1 N–H and O–H groups in total. The highest BCUT2D eigenvalue weighted by molar-refractivity contribution is 5.93. The van der Waals surface area contributed by atoms with Crippen LogP contribution >= 0.6 is 0 Å². The molecular formula is C29H39N3O5. The fourth-order valence-electron chi connectivity index (χ4n) is 4.74. The average molecular weight is 510 g/mol. The monoisotopic (exact) mass is 509 g/mol. The van der Waals surface area contributed by atoms with Gasteiger partial charge in [-0.1, -0.05) is 25.0 Å². The Balaban J connectivity index is 1.41. The van der Waals surface area contributed by atoms with Gasteiger partial charge in [-0.3, -0.25) is 9.69 Å². The van der Waals surface area contributed by atoms with Crippen LogP contribution in [-0.4, -0.2) is 57.3 Å². The van der Waals surface area contributed by atoms with E-state index in [4.69, 9.17) is 14.2 Å². The van der Waals surface area contributed by atoms with Crippen LogP contribution in [-0.2, 0) is 17.8 Å². The molecule has 0 aromatic heterocycles. The molecule has 2 aromatic carbocycles. The Labute approximate surface area is 219 Å². The third-order valence-corrected chi connectivity index (χ3v) is 6.98. The second-order valence-electron chi connectivity index (χ2n) is 9.86. The van der Waals surface area contributed by atoms with E-state index in [9.17, 15) is 9.59 Å². The Hall–Kier alpha value is -3.42. The van der Waals surface area contributed by atoms with Gasteiger partial charge in [-0.2, -0.15) is 0 Å². The van der Waals surface area contributed by atoms with Crippen molar-refractivity contribution in [3.63, 3.8) is 0 Å². The number of rotatable bonds is 13. The minimum atomic E-state index is -0.0409. The third-order valence-electron chi connectivity index (χ3n) is 6.98. The van der Waals surface area contributed by atoms with Crippen LogP contribution in [0.3, 0.4) is 0 Å². The summed E-state index contributed by atoms with van der Waals surface area (Å²) in [5, 5.41) is 2.82. The van der Waals surface area contributed by atoms with Gasteiger partial charge in [-0.05, 0) is 55.4 Å². The number of hydrogen-bond acceptors (Lipinski definition) is 5. The number of amides is 3. The number of carbonyl (C=O) groups excluding carboxylic acids is 2. The number of nitrogens with one attached hydrogen (secondary N) is 1. The first-order valence-corrected chi connectivity index (χ1v) is 13.3. The zero-order chi connectivity index (χ0) is 26.2. The first kappa shape index (κ1) is 26.6. The fourth-order valence-corrected chi connectivity index (χ4v) is 4.74. The molecule has 0 atom stereocenters. The van der Waals surface area contributed by atoms with Crippen LogP contribution in [0.15, 0.2) is 36.4 Å². The molecule has 2 aliphatic rings. The summed E-state index contributed by atoms with van der Waals surface area (Å²) in [6.45, 7) is 4.54. The molecule has 1 aliphatic heterocycles. The second kappa shape index (κ2) is 12.7. The van der Waals surface area contributed by atoms with E-state index in [2.05, 4.69) is 5.32 Å². The number of ether oxygens (including phenoxy) is 3. The van der Waals surface area contributed by atoms with E-state index in [-0.39, 0.29) is 11.9 Å². The van der Waals surface area contributed by atoms with E-state index in [0.717, 1.165) is 47.7 Å². The molecule has 8 nitrogen and oxygen atoms in total. The van der Waals surface area contributed by atoms with Gasteiger partial charge < -0.3 is 24.4 Å². The largest absolute Gasteiger partial charge is 0.496 e. The SMILES string of the molecule is COc1cc(CCNC(C)=O)ccc1CN1CCCN(c2ccc(OC)c(OCCCC3CC3)c2)C1=O. The maximum atomic E-state index is 13.5. The number of urea groups is 1. The van der Waals surface area contributed by atoms with Gasteiger partial charge in [-0.25, -0.2) is 4.79 Å². The zero-order valence-electron chi connectivity index (χ0n) is 22.3. The smallest absolute Gasteiger partial charge is 0.324 e. The molecule has 0 unspecified atom stereocenters. The lowest BCUT2D eigenvalue weighted by atomic mass is 10.1. The van der Waals surface area contributed by atoms with Crippen LogP contribution in [0.2, 0.25) is 0 Å². The highest BCUT2D eigenvalue weighted by atomic mass is 16.5. The normalized spacial score (nSPS) is 15.5. The van der Waals surface area contributed by atoms with Gasteiger partial charge in [-0.15, -0.1) is 0 Å². The summed E-state index contributed by atoms with van der Waals surface area (Å²) in [7, 11) is 3.28. The van der Waals surface area contributed by atoms with Crippen molar-refractivity contribution in [2.75, 3.05) is 45.4 Å². The molecule has 1 saturated heterocycles. The Bertz CT molecular complexity index is 1090. The molecule has 0 spiro atoms. The molecule has 1 aliphatic carbocycles. The number of anilines is 1. The minimum absolute atomic E-state index is 0.0344. The summed E-state index contributed by atoms with van der Waals surface area (Å²) >= 11 is 0. The van der Waals surface area contributed by atoms with E-state index in [1.165, 1.54) is 26.2 Å². The summed E-state index contributed by atoms with van der Waals surface area (Å²) in [6, 6.07) is 11.7. The van der Waals surface area contributed by atoms with Crippen molar-refractivity contribution in [3.8, 4) is 17.2 Å². The van der Waals surface area contributed by atoms with Crippen molar-refractivity contribution in [1.82, 2.24) is 10.2 Å². The topological polar surface area (TPSA) is 80.3 Å². The zero-order valence-corrected chi connectivity index (χ0v) is 22.3. The maximum Gasteiger partial charge on any atom is 0.324 e. The molecule has 37 heavy (non-hydrogen) atoms. The Morgan fingerprint density at radius 2 is 1.84 bits per heavy atom. The van der Waals surface area contributed by atoms with E-state index in [0.29, 0.717) is 44.3 Å². The maximum absolute atomic E-state index is 13.5. The molecule has 1 saturated carbocycles. The molecule has 3 amide bonds. The van der Waals surface area contributed by atoms with Crippen LogP contribution in [0.4, 0.5) is 10.5 Å². The Morgan fingerprint density at radius 1 is 1.03 bits per heavy atom. The Morgan fingerprint density at radius 3 is 2.57 bits per heavy atom. The van der Waals surface area contributed by atoms with Gasteiger partial charge >= 0.3 is 6.03 Å². The van der Waals surface area contributed by atoms with Crippen molar-refractivity contribution < 1.29 is 23.8 Å². The molecule has 1 heterocycles. The lowest BCUT2D eigenvalue weighted by Gasteiger charge is -2.36. The van der Waals surface area contributed by atoms with Crippen molar-refractivity contribution in [2.45, 2.75) is 52.0 Å². The highest BCUT2D eigenvalue weighted by Crippen LogP contribution is 2.35. The molecule has 2 fully saturated rings. The Kier molecular flexibility index (Phi) is 9.14. The van der Waals surface area contributed by atoms with Gasteiger partial charge in [0.1, 0.15) is 5.75 Å². The summed E-state index contributed by atoms with van der Waals surface area (Å²) in [6.07, 6.45) is 6.52. The van der Waals surface area contributed by atoms with E-state index in [1.54, 1.807) is 14.2 Å². The molecule has 2 aromatic rings. The molecular weight excluding hydrogens is 470 g/mol. The summed E-state index contributed by atoms with van der Waals surface area (Å²) < 4.78 is 17.2. The summed E-state index contributed by atoms with van der Waals surface area (Å²) in [4.78, 5) is 28.3. The van der Waals surface area contributed by atoms with Gasteiger partial charge in [0.2, 0.25) is 5.91 Å². The van der Waals surface area contributed by atoms with Crippen LogP contribution in [0, 0.1) is 5.92 Å². The predicted molar refractivity (Wildman–Crippen MR) is 144 cm³/mol. The van der Waals surface area contributed by atoms with Crippen LogP contribution in [0.25, 0.3) is 0 Å². The van der Waals surface area contributed by atoms with Crippen LogP contribution < -0.4 is 24.4 Å². The first-order valence-electron chi connectivity index (χ1n) is 13.3. The van der Waals surface area contributed by atoms with Gasteiger partial charge in [0.25, 0.3) is 0 Å². The average Bonchev–Trinajstić information content (AvgIpc) is 3.73. The van der Waals surface area contributed by atoms with Crippen molar-refractivity contribution in [3.05, 3.63) is 47.5 Å². The second-order valence-corrected chi connectivity index (χ2v) is 9.86. The summed E-state index contributed by atoms with van der Waals surface area (Å²) in [5.41, 5.74) is 2.84. The molecule has 200 valence electrons. The molecule has 8 heteroatoms. The predicted octanol–water partition coefficient (Wildman–Crippen LogP) is 4.78. The van der Waals surface area contributed by atoms with Crippen molar-refractivity contribution in [2.24, 2.45) is 5.92 Å². The van der Waals surface area contributed by atoms with Gasteiger partial charge in [0.05, 0.1) is 27.4 Å². The first-order chi connectivity index (χ1) is 18.0. The lowest BCUT2D eigenvalue weighted by Crippen LogP contribution is -2.49. The third kappa shape index (κ3) is 7.31. The molecule has 4 rings (SSSR count). The minimum Gasteiger partial charge on any atom is -0.496 e. The fraction of sp³-hybridized carbons (Fsp3) is 0.517. The van der Waals surface area contributed by atoms with Crippen molar-refractivity contribution >= 4 is 17.6 Å². The number of benzene rings is 2. The lowest BCUT2D eigenvalue weighted by molar-refractivity contribution is -0.118. The standard InChI is InChI=1S/C29H39N3O5/c1-21(33)30-14-13-23-9-10-24(27(18-23)36-3)20-31-15-5-16-32(29(31)34)25-11-12-26(35-2)28(19-25)37-17-4-6-22-7-8-22/h9-12,18-19,22H,4-8,13-17,20H2,1-3H3,(H,30,33). The molecule has 0 bridgehead atoms. The quantitative estimate of drug-likeness (QED) is 0.393. The number of carbonyl (C=O) groups is 2. The van der Waals surface area contributed by atoms with Crippen molar-refractivity contribution in [1.29, 1.82) is 0 Å². The number of methoxy groups -OCH3 is 2.